The van der Waals surface area contributed by atoms with Gasteiger partial charge in [0, 0.05) is 46.4 Å². The molecule has 1 atom stereocenters. The summed E-state index contributed by atoms with van der Waals surface area (Å²) < 4.78 is 0. The second-order valence-electron chi connectivity index (χ2n) is 8.36. The van der Waals surface area contributed by atoms with Crippen molar-refractivity contribution in [2.24, 2.45) is 0 Å². The van der Waals surface area contributed by atoms with Crippen molar-refractivity contribution in [3.63, 3.8) is 0 Å². The number of aromatic nitrogens is 1. The summed E-state index contributed by atoms with van der Waals surface area (Å²) in [5, 5.41) is 4.04. The van der Waals surface area contributed by atoms with Crippen LogP contribution < -0.4 is 5.32 Å². The molecule has 0 bridgehead atoms. The summed E-state index contributed by atoms with van der Waals surface area (Å²) in [6.07, 6.45) is 0.228. The molecule has 2 amide bonds. The normalized spacial score (nSPS) is 15.2. The number of hydrogen-bond donors (Lipinski definition) is 2. The average molecular weight is 424 g/mol. The molecule has 2 heterocycles. The number of para-hydroxylation sites is 1. The van der Waals surface area contributed by atoms with E-state index in [2.05, 4.69) is 16.4 Å². The quantitative estimate of drug-likeness (QED) is 0.454. The summed E-state index contributed by atoms with van der Waals surface area (Å²) in [6.45, 7) is 4.40. The van der Waals surface area contributed by atoms with Gasteiger partial charge in [0.2, 0.25) is 5.91 Å². The Kier molecular flexibility index (Phi) is 5.02. The Labute approximate surface area is 187 Å². The predicted octanol–water partition coefficient (Wildman–Crippen LogP) is 5.36. The number of carbonyl (C=O) groups excluding carboxylic acids is 2. The highest BCUT2D eigenvalue weighted by atomic mass is 16.2. The average Bonchev–Trinajstić information content (AvgIpc) is 3.27. The monoisotopic (exact) mass is 423 g/mol. The van der Waals surface area contributed by atoms with Crippen molar-refractivity contribution >= 4 is 28.4 Å². The highest BCUT2D eigenvalue weighted by Crippen LogP contribution is 2.42. The van der Waals surface area contributed by atoms with Gasteiger partial charge in [-0.15, -0.1) is 0 Å². The summed E-state index contributed by atoms with van der Waals surface area (Å²) in [4.78, 5) is 31.3. The number of anilines is 1. The summed E-state index contributed by atoms with van der Waals surface area (Å²) in [6, 6.07) is 23.4. The zero-order valence-electron chi connectivity index (χ0n) is 18.2. The third-order valence-corrected chi connectivity index (χ3v) is 6.19. The second-order valence-corrected chi connectivity index (χ2v) is 8.36. The first-order valence-electron chi connectivity index (χ1n) is 10.9. The Morgan fingerprint density at radius 1 is 0.969 bits per heavy atom. The first kappa shape index (κ1) is 20.1. The number of hydrogen-bond acceptors (Lipinski definition) is 2. The number of nitrogens with zero attached hydrogens (tertiary/aromatic N) is 1. The number of fused-ring (bicyclic) bond motifs is 2. The van der Waals surface area contributed by atoms with Crippen molar-refractivity contribution in [3.05, 3.63) is 101 Å². The van der Waals surface area contributed by atoms with Crippen LogP contribution in [0.15, 0.2) is 72.8 Å². The summed E-state index contributed by atoms with van der Waals surface area (Å²) in [5.74, 6) is -0.134. The second kappa shape index (κ2) is 8.00. The van der Waals surface area contributed by atoms with E-state index in [1.54, 1.807) is 0 Å². The van der Waals surface area contributed by atoms with Crippen LogP contribution in [-0.2, 0) is 4.79 Å². The van der Waals surface area contributed by atoms with E-state index in [1.165, 1.54) is 0 Å². The highest BCUT2D eigenvalue weighted by molar-refractivity contribution is 6.01. The fraction of sp³-hybridized carbons (Fsp3) is 0.185. The van der Waals surface area contributed by atoms with Crippen molar-refractivity contribution in [1.29, 1.82) is 0 Å². The molecule has 5 heteroatoms. The van der Waals surface area contributed by atoms with Gasteiger partial charge in [0.1, 0.15) is 0 Å². The van der Waals surface area contributed by atoms with E-state index in [-0.39, 0.29) is 24.3 Å². The zero-order chi connectivity index (χ0) is 22.2. The number of aromatic amines is 1. The number of nitrogens with one attached hydrogen (secondary N) is 2. The first-order valence-corrected chi connectivity index (χ1v) is 10.9. The van der Waals surface area contributed by atoms with E-state index in [0.29, 0.717) is 12.1 Å². The van der Waals surface area contributed by atoms with Gasteiger partial charge in [-0.25, -0.2) is 0 Å². The van der Waals surface area contributed by atoms with Crippen molar-refractivity contribution in [2.45, 2.75) is 26.3 Å². The Bertz CT molecular complexity index is 1320. The van der Waals surface area contributed by atoms with Gasteiger partial charge < -0.3 is 15.2 Å². The molecule has 1 unspecified atom stereocenters. The maximum atomic E-state index is 13.3. The minimum atomic E-state index is -0.220. The lowest BCUT2D eigenvalue weighted by Gasteiger charge is -2.26. The Hall–Kier alpha value is -3.86. The van der Waals surface area contributed by atoms with Crippen LogP contribution in [0.5, 0.6) is 0 Å². The number of rotatable bonds is 5. The van der Waals surface area contributed by atoms with Gasteiger partial charge >= 0.3 is 0 Å². The van der Waals surface area contributed by atoms with E-state index >= 15 is 0 Å². The van der Waals surface area contributed by atoms with Crippen LogP contribution in [0, 0.1) is 13.8 Å². The molecular weight excluding hydrogens is 398 g/mol. The fourth-order valence-corrected chi connectivity index (χ4v) is 4.65. The third-order valence-electron chi connectivity index (χ3n) is 6.19. The lowest BCUT2D eigenvalue weighted by molar-refractivity contribution is -0.116. The van der Waals surface area contributed by atoms with Crippen molar-refractivity contribution in [1.82, 2.24) is 9.88 Å². The van der Waals surface area contributed by atoms with Crippen molar-refractivity contribution in [2.75, 3.05) is 11.9 Å². The predicted molar refractivity (Wildman–Crippen MR) is 127 cm³/mol. The van der Waals surface area contributed by atoms with Crippen LogP contribution in [0.1, 0.15) is 45.2 Å². The molecule has 1 aliphatic rings. The number of aryl methyl sites for hydroxylation is 2. The third kappa shape index (κ3) is 3.46. The molecule has 2 N–H and O–H groups in total. The van der Waals surface area contributed by atoms with Crippen molar-refractivity contribution < 1.29 is 9.59 Å². The molecule has 0 saturated heterocycles. The molecule has 5 nitrogen and oxygen atoms in total. The molecule has 0 spiro atoms. The molecule has 0 fully saturated rings. The molecule has 1 aromatic heterocycles. The number of H-pyrrole nitrogens is 1. The van der Waals surface area contributed by atoms with Gasteiger partial charge in [0.25, 0.3) is 5.91 Å². The van der Waals surface area contributed by atoms with Gasteiger partial charge in [0.15, 0.2) is 0 Å². The molecule has 5 rings (SSSR count). The lowest BCUT2D eigenvalue weighted by Crippen LogP contribution is -2.32. The molecule has 1 aliphatic heterocycles. The number of carbonyl (C=O) groups is 2. The van der Waals surface area contributed by atoms with E-state index < -0.39 is 0 Å². The van der Waals surface area contributed by atoms with Crippen LogP contribution in [0.3, 0.4) is 0 Å². The van der Waals surface area contributed by atoms with Crippen molar-refractivity contribution in [3.8, 4) is 0 Å². The van der Waals surface area contributed by atoms with Gasteiger partial charge in [-0.05, 0) is 43.7 Å². The van der Waals surface area contributed by atoms with E-state index in [9.17, 15) is 9.59 Å². The number of amides is 2. The van der Waals surface area contributed by atoms with Gasteiger partial charge in [-0.3, -0.25) is 9.59 Å². The molecule has 160 valence electrons. The van der Waals surface area contributed by atoms with Crippen LogP contribution in [-0.4, -0.2) is 28.2 Å². The van der Waals surface area contributed by atoms with Crippen LogP contribution in [0.4, 0.5) is 5.69 Å². The Balaban J connectivity index is 1.45. The number of benzene rings is 3. The lowest BCUT2D eigenvalue weighted by atomic mass is 9.95. The molecule has 3 aromatic carbocycles. The van der Waals surface area contributed by atoms with Gasteiger partial charge in [-0.1, -0.05) is 54.1 Å². The minimum absolute atomic E-state index is 0.0292. The largest absolute Gasteiger partial charge is 0.358 e. The summed E-state index contributed by atoms with van der Waals surface area (Å²) in [5.41, 5.74) is 6.79. The molecule has 0 saturated carbocycles. The highest BCUT2D eigenvalue weighted by Gasteiger charge is 2.39. The molecule has 4 aromatic rings. The van der Waals surface area contributed by atoms with E-state index in [4.69, 9.17) is 0 Å². The zero-order valence-corrected chi connectivity index (χ0v) is 18.2. The summed E-state index contributed by atoms with van der Waals surface area (Å²) >= 11 is 0. The van der Waals surface area contributed by atoms with E-state index in [1.807, 2.05) is 85.5 Å². The summed E-state index contributed by atoms with van der Waals surface area (Å²) in [7, 11) is 0. The van der Waals surface area contributed by atoms with E-state index in [0.717, 1.165) is 39.0 Å². The maximum Gasteiger partial charge on any atom is 0.255 e. The Morgan fingerprint density at radius 3 is 2.50 bits per heavy atom. The van der Waals surface area contributed by atoms with Crippen LogP contribution in [0.25, 0.3) is 10.9 Å². The topological polar surface area (TPSA) is 65.2 Å². The molecule has 0 aliphatic carbocycles. The minimum Gasteiger partial charge on any atom is -0.358 e. The standard InChI is InChI=1S/C27H25N3O2/c1-17-11-13-19(14-12-17)29-24(31)15-16-30-26(20-7-3-4-8-21(20)27(30)32)25-18(2)28-23-10-6-5-9-22(23)25/h3-14,26,28H,15-16H2,1-2H3,(H,29,31). The first-order chi connectivity index (χ1) is 15.5. The van der Waals surface area contributed by atoms with Crippen LogP contribution >= 0.6 is 0 Å². The maximum absolute atomic E-state index is 13.3. The van der Waals surface area contributed by atoms with Gasteiger partial charge in [0.05, 0.1) is 6.04 Å². The smallest absolute Gasteiger partial charge is 0.255 e. The van der Waals surface area contributed by atoms with Gasteiger partial charge in [-0.2, -0.15) is 0 Å². The molecule has 32 heavy (non-hydrogen) atoms. The van der Waals surface area contributed by atoms with Crippen LogP contribution in [0.2, 0.25) is 0 Å². The SMILES string of the molecule is Cc1ccc(NC(=O)CCN2C(=O)c3ccccc3C2c2c(C)[nH]c3ccccc23)cc1. The fourth-order valence-electron chi connectivity index (χ4n) is 4.65. The molecular formula is C27H25N3O2. The molecule has 0 radical (unpaired) electrons. The Morgan fingerprint density at radius 2 is 1.69 bits per heavy atom.